The molecular weight excluding hydrogens is 256 g/mol. The number of rotatable bonds is 2. The van der Waals surface area contributed by atoms with E-state index >= 15 is 0 Å². The predicted octanol–water partition coefficient (Wildman–Crippen LogP) is 5.86. The number of halogens is 1. The van der Waals surface area contributed by atoms with Crippen molar-refractivity contribution in [2.45, 2.75) is 0 Å². The molecule has 2 aliphatic rings. The zero-order chi connectivity index (χ0) is 13.1. The molecule has 0 atom stereocenters. The third-order valence-electron chi connectivity index (χ3n) is 2.86. The second-order valence-electron chi connectivity index (χ2n) is 4.15. The van der Waals surface area contributed by atoms with Crippen LogP contribution in [0.2, 0.25) is 5.02 Å². The van der Waals surface area contributed by atoms with Crippen molar-refractivity contribution in [1.29, 1.82) is 0 Å². The fraction of sp³-hybridized carbons (Fsp3) is 0. The quantitative estimate of drug-likeness (QED) is 0.519. The van der Waals surface area contributed by atoms with Gasteiger partial charge in [-0.2, -0.15) is 5.11 Å². The van der Waals surface area contributed by atoms with E-state index in [4.69, 9.17) is 11.6 Å². The molecule has 3 rings (SSSR count). The molecule has 0 bridgehead atoms. The molecule has 0 N–H and O–H groups in total. The second-order valence-corrected chi connectivity index (χ2v) is 4.56. The van der Waals surface area contributed by atoms with E-state index in [-0.39, 0.29) is 0 Å². The molecule has 0 heterocycles. The highest BCUT2D eigenvalue weighted by Crippen LogP contribution is 2.40. The molecule has 1 aromatic rings. The topological polar surface area (TPSA) is 24.7 Å². The zero-order valence-corrected chi connectivity index (χ0v) is 10.9. The van der Waals surface area contributed by atoms with Gasteiger partial charge in [-0.3, -0.25) is 0 Å². The Morgan fingerprint density at radius 3 is 2.05 bits per heavy atom. The third kappa shape index (κ3) is 2.49. The van der Waals surface area contributed by atoms with Crippen molar-refractivity contribution in [3.8, 4) is 11.1 Å². The largest absolute Gasteiger partial charge is 0.151 e. The first-order valence-corrected chi connectivity index (χ1v) is 6.36. The highest BCUT2D eigenvalue weighted by atomic mass is 35.5. The van der Waals surface area contributed by atoms with Gasteiger partial charge in [-0.25, -0.2) is 0 Å². The standard InChI is InChI=1S/C16H11ClN2/c17-15-11-16(14-10-6-2-5-9-13(14)15)19-18-12-7-3-1-4-8-12/h1-11H. The number of hydrogen-bond acceptors (Lipinski definition) is 2. The van der Waals surface area contributed by atoms with Gasteiger partial charge < -0.3 is 0 Å². The number of hydrogen-bond donors (Lipinski definition) is 0. The fourth-order valence-corrected chi connectivity index (χ4v) is 2.21. The smallest absolute Gasteiger partial charge is 0.0950 e. The lowest BCUT2D eigenvalue weighted by molar-refractivity contribution is 1.24. The summed E-state index contributed by atoms with van der Waals surface area (Å²) in [6, 6.07) is 21.4. The molecule has 1 aromatic carbocycles. The summed E-state index contributed by atoms with van der Waals surface area (Å²) in [5.41, 5.74) is 3.62. The van der Waals surface area contributed by atoms with Crippen LogP contribution in [0.5, 0.6) is 0 Å². The van der Waals surface area contributed by atoms with Crippen LogP contribution in [0.25, 0.3) is 11.1 Å². The molecule has 92 valence electrons. The zero-order valence-electron chi connectivity index (χ0n) is 10.1. The average Bonchev–Trinajstić information content (AvgIpc) is 2.64. The van der Waals surface area contributed by atoms with Gasteiger partial charge in [0.05, 0.1) is 16.4 Å². The Kier molecular flexibility index (Phi) is 3.25. The molecular formula is C16H11ClN2. The second kappa shape index (κ2) is 5.21. The minimum absolute atomic E-state index is 0.702. The molecule has 19 heavy (non-hydrogen) atoms. The van der Waals surface area contributed by atoms with Crippen LogP contribution in [0.4, 0.5) is 11.4 Å². The van der Waals surface area contributed by atoms with E-state index in [2.05, 4.69) is 10.2 Å². The monoisotopic (exact) mass is 266 g/mol. The van der Waals surface area contributed by atoms with E-state index < -0.39 is 0 Å². The number of azo groups is 1. The van der Waals surface area contributed by atoms with Gasteiger partial charge in [0.1, 0.15) is 0 Å². The van der Waals surface area contributed by atoms with Crippen LogP contribution < -0.4 is 0 Å². The van der Waals surface area contributed by atoms with Crippen molar-refractivity contribution >= 4 is 23.0 Å². The maximum Gasteiger partial charge on any atom is 0.0950 e. The number of fused-ring (bicyclic) bond motifs is 1. The highest BCUT2D eigenvalue weighted by molar-refractivity contribution is 6.34. The third-order valence-corrected chi connectivity index (χ3v) is 3.18. The van der Waals surface area contributed by atoms with Crippen LogP contribution in [0.1, 0.15) is 0 Å². The Morgan fingerprint density at radius 2 is 1.32 bits per heavy atom. The van der Waals surface area contributed by atoms with Crippen molar-refractivity contribution in [2.24, 2.45) is 10.2 Å². The van der Waals surface area contributed by atoms with Gasteiger partial charge in [0.15, 0.2) is 0 Å². The van der Waals surface area contributed by atoms with Crippen molar-refractivity contribution in [3.05, 3.63) is 71.8 Å². The van der Waals surface area contributed by atoms with Crippen LogP contribution in [0.15, 0.2) is 77.0 Å². The number of benzene rings is 1. The molecule has 0 spiro atoms. The van der Waals surface area contributed by atoms with Crippen LogP contribution in [-0.2, 0) is 0 Å². The van der Waals surface area contributed by atoms with Gasteiger partial charge in [0, 0.05) is 11.1 Å². The van der Waals surface area contributed by atoms with Crippen LogP contribution in [-0.4, -0.2) is 0 Å². The molecule has 0 aromatic heterocycles. The summed E-state index contributed by atoms with van der Waals surface area (Å²) >= 11 is 6.22. The molecule has 0 saturated heterocycles. The molecule has 0 radical (unpaired) electrons. The molecule has 3 heteroatoms. The predicted molar refractivity (Wildman–Crippen MR) is 78.7 cm³/mol. The minimum Gasteiger partial charge on any atom is -0.151 e. The van der Waals surface area contributed by atoms with Crippen molar-refractivity contribution < 1.29 is 0 Å². The maximum absolute atomic E-state index is 6.22. The van der Waals surface area contributed by atoms with E-state index in [1.165, 1.54) is 0 Å². The average molecular weight is 267 g/mol. The van der Waals surface area contributed by atoms with Crippen LogP contribution >= 0.6 is 11.6 Å². The van der Waals surface area contributed by atoms with E-state index in [1.54, 1.807) is 0 Å². The van der Waals surface area contributed by atoms with Crippen molar-refractivity contribution in [3.63, 3.8) is 0 Å². The summed E-state index contributed by atoms with van der Waals surface area (Å²) in [7, 11) is 0. The Balaban J connectivity index is 2.02. The SMILES string of the molecule is Clc1cc(N=Nc2ccccc2)c2cccccc1-2. The van der Waals surface area contributed by atoms with Gasteiger partial charge in [-0.1, -0.05) is 60.1 Å². The minimum atomic E-state index is 0.702. The summed E-state index contributed by atoms with van der Waals surface area (Å²) in [4.78, 5) is 0. The molecule has 2 aliphatic carbocycles. The first-order chi connectivity index (χ1) is 9.34. The van der Waals surface area contributed by atoms with Gasteiger partial charge in [0.25, 0.3) is 0 Å². The molecule has 0 saturated carbocycles. The Hall–Kier alpha value is -2.19. The van der Waals surface area contributed by atoms with E-state index in [9.17, 15) is 0 Å². The first-order valence-electron chi connectivity index (χ1n) is 5.98. The maximum atomic E-state index is 6.22. The van der Waals surface area contributed by atoms with Gasteiger partial charge in [-0.05, 0) is 18.2 Å². The molecule has 0 unspecified atom stereocenters. The Bertz CT molecular complexity index is 692. The molecule has 0 fully saturated rings. The summed E-state index contributed by atoms with van der Waals surface area (Å²) in [5, 5.41) is 9.22. The summed E-state index contributed by atoms with van der Waals surface area (Å²) in [6.45, 7) is 0. The van der Waals surface area contributed by atoms with E-state index in [0.29, 0.717) is 5.02 Å². The molecule has 2 nitrogen and oxygen atoms in total. The normalized spacial score (nSPS) is 11.2. The number of nitrogens with zero attached hydrogens (tertiary/aromatic N) is 2. The van der Waals surface area contributed by atoms with E-state index in [0.717, 1.165) is 22.5 Å². The van der Waals surface area contributed by atoms with Gasteiger partial charge in [-0.15, -0.1) is 5.11 Å². The fourth-order valence-electron chi connectivity index (χ4n) is 1.94. The van der Waals surface area contributed by atoms with Gasteiger partial charge in [0.2, 0.25) is 0 Å². The Labute approximate surface area is 116 Å². The summed E-state index contributed by atoms with van der Waals surface area (Å²) < 4.78 is 0. The summed E-state index contributed by atoms with van der Waals surface area (Å²) in [6.07, 6.45) is 0. The lowest BCUT2D eigenvalue weighted by Gasteiger charge is -1.94. The molecule has 0 aliphatic heterocycles. The lowest BCUT2D eigenvalue weighted by atomic mass is 10.2. The Morgan fingerprint density at radius 1 is 0.684 bits per heavy atom. The van der Waals surface area contributed by atoms with Crippen molar-refractivity contribution in [2.75, 3.05) is 0 Å². The van der Waals surface area contributed by atoms with Crippen LogP contribution in [0, 0.1) is 0 Å². The highest BCUT2D eigenvalue weighted by Gasteiger charge is 2.12. The van der Waals surface area contributed by atoms with Crippen LogP contribution in [0.3, 0.4) is 0 Å². The lowest BCUT2D eigenvalue weighted by Crippen LogP contribution is -1.66. The first kappa shape index (κ1) is 11.9. The van der Waals surface area contributed by atoms with Gasteiger partial charge >= 0.3 is 0 Å². The molecule has 0 amide bonds. The van der Waals surface area contributed by atoms with Crippen molar-refractivity contribution in [1.82, 2.24) is 0 Å². The summed E-state index contributed by atoms with van der Waals surface area (Å²) in [5.74, 6) is 0. The van der Waals surface area contributed by atoms with E-state index in [1.807, 2.05) is 66.7 Å².